The zero-order valence-corrected chi connectivity index (χ0v) is 15.1. The van der Waals surface area contributed by atoms with Gasteiger partial charge in [0.1, 0.15) is 0 Å². The second kappa shape index (κ2) is 7.36. The first-order valence-corrected chi connectivity index (χ1v) is 6.46. The van der Waals surface area contributed by atoms with E-state index in [1.807, 2.05) is 0 Å². The summed E-state index contributed by atoms with van der Waals surface area (Å²) in [5.41, 5.74) is 2.42. The Morgan fingerprint density at radius 1 is 0.650 bits per heavy atom. The van der Waals surface area contributed by atoms with Gasteiger partial charge < -0.3 is 1.43 Å². The molecule has 0 fully saturated rings. The van der Waals surface area contributed by atoms with Crippen molar-refractivity contribution in [2.75, 3.05) is 28.2 Å². The minimum absolute atomic E-state index is 0. The predicted octanol–water partition coefficient (Wildman–Crippen LogP) is 0.395. The number of rotatable bonds is 4. The Morgan fingerprint density at radius 3 is 1.20 bits per heavy atom. The van der Waals surface area contributed by atoms with Gasteiger partial charge in [-0.3, -0.25) is 0 Å². The van der Waals surface area contributed by atoms with Crippen molar-refractivity contribution in [2.45, 2.75) is 0 Å². The Labute approximate surface area is 145 Å². The molecular formula is C16H23N3Na+. The van der Waals surface area contributed by atoms with Gasteiger partial charge >= 0.3 is 29.6 Å². The van der Waals surface area contributed by atoms with Gasteiger partial charge in [-0.1, -0.05) is 36.4 Å². The Balaban J connectivity index is 0.00000200. The number of benzene rings is 2. The van der Waals surface area contributed by atoms with E-state index in [9.17, 15) is 0 Å². The maximum absolute atomic E-state index is 2.20. The quantitative estimate of drug-likeness (QED) is 0.454. The summed E-state index contributed by atoms with van der Waals surface area (Å²) in [7, 11) is 8.39. The van der Waals surface area contributed by atoms with E-state index in [2.05, 4.69) is 98.9 Å². The van der Waals surface area contributed by atoms with E-state index in [1.165, 1.54) is 11.4 Å². The van der Waals surface area contributed by atoms with E-state index >= 15 is 0 Å². The summed E-state index contributed by atoms with van der Waals surface area (Å²) >= 11 is 0. The Bertz CT molecular complexity index is 468. The van der Waals surface area contributed by atoms with Gasteiger partial charge in [-0.2, -0.15) is 0 Å². The van der Waals surface area contributed by atoms with E-state index in [0.29, 0.717) is 4.70 Å². The van der Waals surface area contributed by atoms with E-state index < -0.39 is 0 Å². The van der Waals surface area contributed by atoms with Gasteiger partial charge in [-0.25, -0.2) is 0 Å². The van der Waals surface area contributed by atoms with Crippen LogP contribution in [-0.4, -0.2) is 38.2 Å². The average molecular weight is 280 g/mol. The van der Waals surface area contributed by atoms with Crippen LogP contribution in [0.1, 0.15) is 1.43 Å². The molecule has 2 rings (SSSR count). The standard InChI is InChI=1S/C16H22N3.Na.H/c1-17(2)19(18(3)4,15-11-7-5-8-12-15)16-13-9-6-10-14-16;;/h5-14H,1-4H3;;/q2*+1;-1. The van der Waals surface area contributed by atoms with Gasteiger partial charge in [0.2, 0.25) is 0 Å². The molecule has 0 aliphatic rings. The van der Waals surface area contributed by atoms with Crippen LogP contribution in [0.25, 0.3) is 0 Å². The van der Waals surface area contributed by atoms with Crippen molar-refractivity contribution < 1.29 is 31.0 Å². The zero-order valence-electron chi connectivity index (χ0n) is 14.1. The number of hydrogen-bond donors (Lipinski definition) is 0. The first kappa shape index (κ1) is 17.4. The topological polar surface area (TPSA) is 6.48 Å². The third-order valence-electron chi connectivity index (χ3n) is 3.39. The van der Waals surface area contributed by atoms with Crippen molar-refractivity contribution in [2.24, 2.45) is 0 Å². The van der Waals surface area contributed by atoms with Crippen LogP contribution in [0, 0.1) is 0 Å². The summed E-state index contributed by atoms with van der Waals surface area (Å²) < 4.78 is 0.557. The zero-order chi connectivity index (χ0) is 13.9. The van der Waals surface area contributed by atoms with Crippen molar-refractivity contribution >= 4 is 11.4 Å². The van der Waals surface area contributed by atoms with Crippen molar-refractivity contribution in [3.8, 4) is 0 Å². The van der Waals surface area contributed by atoms with Gasteiger partial charge in [-0.15, -0.1) is 14.7 Å². The molecule has 0 N–H and O–H groups in total. The fourth-order valence-electron chi connectivity index (χ4n) is 2.70. The molecule has 0 saturated carbocycles. The Hall–Kier alpha value is -0.680. The van der Waals surface area contributed by atoms with Crippen LogP contribution in [0.2, 0.25) is 0 Å². The molecule has 4 heteroatoms. The van der Waals surface area contributed by atoms with Crippen molar-refractivity contribution in [1.82, 2.24) is 14.7 Å². The summed E-state index contributed by atoms with van der Waals surface area (Å²) in [6.07, 6.45) is 0. The van der Waals surface area contributed by atoms with Crippen LogP contribution >= 0.6 is 0 Å². The number of quaternary nitrogens is 1. The van der Waals surface area contributed by atoms with Gasteiger partial charge in [0.25, 0.3) is 0 Å². The van der Waals surface area contributed by atoms with Gasteiger partial charge in [-0.05, 0) is 0 Å². The first-order valence-electron chi connectivity index (χ1n) is 6.46. The maximum atomic E-state index is 2.20. The minimum Gasteiger partial charge on any atom is -1.00 e. The molecule has 0 saturated heterocycles. The van der Waals surface area contributed by atoms with Gasteiger partial charge in [0.05, 0.1) is 0 Å². The van der Waals surface area contributed by atoms with Gasteiger partial charge in [0.15, 0.2) is 11.4 Å². The van der Waals surface area contributed by atoms with Crippen LogP contribution in [0.4, 0.5) is 11.4 Å². The largest absolute Gasteiger partial charge is 1.00 e. The van der Waals surface area contributed by atoms with Crippen molar-refractivity contribution in [1.29, 1.82) is 0 Å². The van der Waals surface area contributed by atoms with Crippen molar-refractivity contribution in [3.63, 3.8) is 0 Å². The van der Waals surface area contributed by atoms with E-state index in [4.69, 9.17) is 0 Å². The van der Waals surface area contributed by atoms with Crippen LogP contribution in [0.3, 0.4) is 0 Å². The molecule has 102 valence electrons. The van der Waals surface area contributed by atoms with E-state index in [-0.39, 0.29) is 31.0 Å². The molecule has 0 aromatic heterocycles. The average Bonchev–Trinajstić information content (AvgIpc) is 2.41. The smallest absolute Gasteiger partial charge is 1.00 e. The Kier molecular flexibility index (Phi) is 6.40. The molecule has 0 atom stereocenters. The number of hydrogen-bond acceptors (Lipinski definition) is 2. The summed E-state index contributed by atoms with van der Waals surface area (Å²) in [6, 6.07) is 21.1. The Morgan fingerprint density at radius 2 is 0.950 bits per heavy atom. The maximum Gasteiger partial charge on any atom is 1.00 e. The predicted molar refractivity (Wildman–Crippen MR) is 82.8 cm³/mol. The minimum atomic E-state index is 0. The fourth-order valence-corrected chi connectivity index (χ4v) is 2.70. The molecule has 2 aromatic rings. The monoisotopic (exact) mass is 280 g/mol. The molecule has 0 heterocycles. The van der Waals surface area contributed by atoms with Crippen LogP contribution < -0.4 is 34.3 Å². The molecule has 0 aliphatic heterocycles. The molecule has 0 amide bonds. The summed E-state index contributed by atoms with van der Waals surface area (Å²) in [5.74, 6) is 0. The molecule has 0 radical (unpaired) electrons. The molecule has 3 nitrogen and oxygen atoms in total. The van der Waals surface area contributed by atoms with Crippen molar-refractivity contribution in [3.05, 3.63) is 60.7 Å². The molecule has 0 aliphatic carbocycles. The molecule has 20 heavy (non-hydrogen) atoms. The van der Waals surface area contributed by atoms with Crippen LogP contribution in [0.15, 0.2) is 60.7 Å². The molecule has 0 spiro atoms. The van der Waals surface area contributed by atoms with E-state index in [1.54, 1.807) is 0 Å². The SMILES string of the molecule is CN(C)[N+](c1ccccc1)(c1ccccc1)N(C)C.[H-].[Na+]. The molecular weight excluding hydrogens is 257 g/mol. The van der Waals surface area contributed by atoms with Gasteiger partial charge in [0, 0.05) is 52.5 Å². The third-order valence-corrected chi connectivity index (χ3v) is 3.39. The number of nitrogens with zero attached hydrogens (tertiary/aromatic N) is 3. The second-order valence-corrected chi connectivity index (χ2v) is 4.97. The normalized spacial score (nSPS) is 11.5. The molecule has 2 aromatic carbocycles. The second-order valence-electron chi connectivity index (χ2n) is 4.97. The van der Waals surface area contributed by atoms with Crippen LogP contribution in [0.5, 0.6) is 0 Å². The fraction of sp³-hybridized carbons (Fsp3) is 0.250. The van der Waals surface area contributed by atoms with Crippen LogP contribution in [-0.2, 0) is 0 Å². The molecule has 0 unspecified atom stereocenters. The van der Waals surface area contributed by atoms with E-state index in [0.717, 1.165) is 0 Å². The summed E-state index contributed by atoms with van der Waals surface area (Å²) in [6.45, 7) is 0. The third kappa shape index (κ3) is 2.98. The summed E-state index contributed by atoms with van der Waals surface area (Å²) in [4.78, 5) is 0. The first-order chi connectivity index (χ1) is 9.10. The number of para-hydroxylation sites is 2. The molecule has 0 bridgehead atoms. The summed E-state index contributed by atoms with van der Waals surface area (Å²) in [5, 5.41) is 4.40.